The number of allylic oxidation sites excluding steroid dienone is 1. The van der Waals surface area contributed by atoms with E-state index in [0.29, 0.717) is 10.5 Å². The summed E-state index contributed by atoms with van der Waals surface area (Å²) in [5.74, 6) is -2.77. The van der Waals surface area contributed by atoms with Gasteiger partial charge in [-0.2, -0.15) is 0 Å². The number of carboxylic acids is 1. The molecule has 12 nitrogen and oxygen atoms in total. The molecule has 2 aliphatic heterocycles. The van der Waals surface area contributed by atoms with Crippen molar-refractivity contribution in [1.82, 2.24) is 15.2 Å². The average molecular weight is 507 g/mol. The van der Waals surface area contributed by atoms with Gasteiger partial charge in [0, 0.05) is 16.0 Å². The Labute approximate surface area is 216 Å². The minimum absolute atomic E-state index is 0. The molecular formula is C16H15N6NaO6S3. The van der Waals surface area contributed by atoms with Crippen molar-refractivity contribution in [2.45, 2.75) is 18.3 Å². The van der Waals surface area contributed by atoms with Gasteiger partial charge in [0.05, 0.1) is 17.9 Å². The number of carbonyl (C=O) groups excluding carboxylic acids is 3. The van der Waals surface area contributed by atoms with Crippen LogP contribution in [-0.2, 0) is 14.4 Å². The fourth-order valence-corrected chi connectivity index (χ4v) is 5.68. The molecule has 5 N–H and O–H groups in total. The van der Waals surface area contributed by atoms with Crippen LogP contribution in [0.3, 0.4) is 0 Å². The molecule has 164 valence electrons. The van der Waals surface area contributed by atoms with Crippen molar-refractivity contribution < 1.29 is 59.5 Å². The first-order chi connectivity index (χ1) is 14.8. The van der Waals surface area contributed by atoms with E-state index in [1.807, 2.05) is 0 Å². The summed E-state index contributed by atoms with van der Waals surface area (Å²) in [6.07, 6.45) is 1.18. The quantitative estimate of drug-likeness (QED) is 0.0942. The van der Waals surface area contributed by atoms with E-state index in [9.17, 15) is 24.7 Å². The number of nitrogens with one attached hydrogen (secondary N) is 1. The summed E-state index contributed by atoms with van der Waals surface area (Å²) >= 11 is 3.36. The van der Waals surface area contributed by atoms with Crippen LogP contribution in [0.25, 0.3) is 0 Å². The predicted molar refractivity (Wildman–Crippen MR) is 114 cm³/mol. The van der Waals surface area contributed by atoms with Crippen LogP contribution in [0.1, 0.15) is 12.6 Å². The van der Waals surface area contributed by atoms with Crippen molar-refractivity contribution >= 4 is 69.7 Å². The molecular weight excluding hydrogens is 491 g/mol. The van der Waals surface area contributed by atoms with E-state index in [-0.39, 0.29) is 51.8 Å². The molecule has 1 fully saturated rings. The Morgan fingerprint density at radius 2 is 2.19 bits per heavy atom. The summed E-state index contributed by atoms with van der Waals surface area (Å²) in [6.45, 7) is 1.65. The number of hydrogen-bond acceptors (Lipinski definition) is 13. The number of nitrogens with zero attached hydrogens (tertiary/aromatic N) is 4. The summed E-state index contributed by atoms with van der Waals surface area (Å²) < 4.78 is 0. The fraction of sp³-hybridized carbons (Fsp3) is 0.250. The van der Waals surface area contributed by atoms with Gasteiger partial charge in [-0.3, -0.25) is 14.5 Å². The average Bonchev–Trinajstić information content (AvgIpc) is 3.16. The Kier molecular flexibility index (Phi) is 9.18. The molecule has 1 aromatic heterocycles. The predicted octanol–water partition coefficient (Wildman–Crippen LogP) is -3.63. The van der Waals surface area contributed by atoms with Crippen molar-refractivity contribution in [2.24, 2.45) is 10.3 Å². The number of thiazole rings is 1. The Balaban J connectivity index is 0.00000363. The van der Waals surface area contributed by atoms with Crippen LogP contribution < -0.4 is 45.7 Å². The Morgan fingerprint density at radius 3 is 2.75 bits per heavy atom. The van der Waals surface area contributed by atoms with Crippen LogP contribution in [-0.4, -0.2) is 67.2 Å². The second-order valence-corrected chi connectivity index (χ2v) is 9.12. The number of nitrogen functional groups attached to an aromatic ring is 1. The largest absolute Gasteiger partial charge is 1.00 e. The Hall–Kier alpha value is -2.04. The van der Waals surface area contributed by atoms with Crippen molar-refractivity contribution in [2.75, 3.05) is 11.5 Å². The van der Waals surface area contributed by atoms with Gasteiger partial charge in [-0.1, -0.05) is 22.1 Å². The molecule has 1 saturated heterocycles. The standard InChI is InChI=1S/C16H16N6O6S3.Na/c1-6(2-18-27)3-29-8-5-30-14-10(13(24)22(14)11(8)15(25)26)20-12(23)9(21-28)7-4-31-16(17)19-7;/h2-4,10,14,27-28H,5H2,1H3,(H2,17,19)(H,20,23)(H,25,26);/q;+1/p-1/b6-3?,18-2?,21-9-;/t10?,14-;/m1./s1. The third-order valence-electron chi connectivity index (χ3n) is 4.14. The van der Waals surface area contributed by atoms with Crippen LogP contribution in [0.15, 0.2) is 37.3 Å². The van der Waals surface area contributed by atoms with Crippen molar-refractivity contribution in [3.05, 3.63) is 32.7 Å². The van der Waals surface area contributed by atoms with Gasteiger partial charge in [-0.15, -0.1) is 23.1 Å². The number of aliphatic carboxylic acids is 1. The van der Waals surface area contributed by atoms with Gasteiger partial charge in [0.15, 0.2) is 10.8 Å². The van der Waals surface area contributed by atoms with E-state index in [4.69, 9.17) is 10.9 Å². The number of rotatable bonds is 7. The number of hydrogen-bond donors (Lipinski definition) is 4. The molecule has 0 radical (unpaired) electrons. The van der Waals surface area contributed by atoms with Gasteiger partial charge in [0.1, 0.15) is 17.1 Å². The maximum absolute atomic E-state index is 12.6. The van der Waals surface area contributed by atoms with Crippen LogP contribution in [0.4, 0.5) is 5.13 Å². The molecule has 32 heavy (non-hydrogen) atoms. The summed E-state index contributed by atoms with van der Waals surface area (Å²) in [6, 6.07) is -1.02. The number of thioether (sulfide) groups is 2. The molecule has 0 aromatic carbocycles. The fourth-order valence-electron chi connectivity index (χ4n) is 2.78. The second kappa shape index (κ2) is 11.2. The zero-order chi connectivity index (χ0) is 22.7. The number of amides is 2. The molecule has 0 spiro atoms. The second-order valence-electron chi connectivity index (χ2n) is 6.16. The van der Waals surface area contributed by atoms with E-state index in [1.165, 1.54) is 23.4 Å². The normalized spacial score (nSPS) is 21.2. The summed E-state index contributed by atoms with van der Waals surface area (Å²) in [5, 5.41) is 40.2. The third-order valence-corrected chi connectivity index (χ3v) is 7.39. The molecule has 1 aromatic rings. The van der Waals surface area contributed by atoms with E-state index in [1.54, 1.807) is 12.3 Å². The molecule has 1 unspecified atom stereocenters. The molecule has 0 saturated carbocycles. The van der Waals surface area contributed by atoms with Crippen molar-refractivity contribution in [3.8, 4) is 0 Å². The van der Waals surface area contributed by atoms with Gasteiger partial charge in [-0.05, 0) is 17.9 Å². The smallest absolute Gasteiger partial charge is 0.543 e. The zero-order valence-electron chi connectivity index (χ0n) is 16.7. The van der Waals surface area contributed by atoms with Crippen LogP contribution in [0.5, 0.6) is 0 Å². The first kappa shape index (κ1) is 26.2. The molecule has 2 aliphatic rings. The van der Waals surface area contributed by atoms with E-state index < -0.39 is 34.9 Å². The number of carboxylic acid groups (broad SMARTS) is 1. The summed E-state index contributed by atoms with van der Waals surface area (Å²) in [7, 11) is 0. The molecule has 2 atom stereocenters. The van der Waals surface area contributed by atoms with E-state index >= 15 is 0 Å². The first-order valence-corrected chi connectivity index (χ1v) is 11.2. The SMILES string of the molecule is CC(C=NO)=CSC1=C(C(=O)[O-])N2C(=O)C(NC(=O)/C(=N\O)c3csc(N)n3)[C@H]2SC1.[Na+]. The van der Waals surface area contributed by atoms with E-state index in [2.05, 4.69) is 20.6 Å². The molecule has 3 rings (SSSR count). The Morgan fingerprint density at radius 1 is 1.47 bits per heavy atom. The summed E-state index contributed by atoms with van der Waals surface area (Å²) in [4.78, 5) is 42.1. The van der Waals surface area contributed by atoms with E-state index in [0.717, 1.165) is 28.0 Å². The van der Waals surface area contributed by atoms with Gasteiger partial charge < -0.3 is 31.4 Å². The molecule has 16 heteroatoms. The van der Waals surface area contributed by atoms with Gasteiger partial charge in [0.25, 0.3) is 11.8 Å². The van der Waals surface area contributed by atoms with Crippen LogP contribution in [0.2, 0.25) is 0 Å². The minimum atomic E-state index is -1.52. The molecule has 0 bridgehead atoms. The number of nitrogens with two attached hydrogens (primary N) is 1. The minimum Gasteiger partial charge on any atom is -0.543 e. The topological polar surface area (TPSA) is 194 Å². The number of oxime groups is 2. The number of carbonyl (C=O) groups is 3. The van der Waals surface area contributed by atoms with Crippen LogP contribution >= 0.6 is 34.9 Å². The van der Waals surface area contributed by atoms with Gasteiger partial charge in [-0.25, -0.2) is 4.98 Å². The number of fused-ring (bicyclic) bond motifs is 1. The first-order valence-electron chi connectivity index (χ1n) is 8.42. The molecule has 3 heterocycles. The molecule has 0 aliphatic carbocycles. The van der Waals surface area contributed by atoms with Gasteiger partial charge >= 0.3 is 29.6 Å². The van der Waals surface area contributed by atoms with Gasteiger partial charge in [0.2, 0.25) is 0 Å². The summed E-state index contributed by atoms with van der Waals surface area (Å²) in [5.41, 5.74) is 5.44. The van der Waals surface area contributed by atoms with Crippen molar-refractivity contribution in [1.29, 1.82) is 0 Å². The number of anilines is 1. The maximum atomic E-state index is 12.6. The monoisotopic (exact) mass is 506 g/mol. The van der Waals surface area contributed by atoms with Crippen molar-refractivity contribution in [3.63, 3.8) is 0 Å². The number of aromatic nitrogens is 1. The van der Waals surface area contributed by atoms with Crippen LogP contribution in [0, 0.1) is 0 Å². The Bertz CT molecular complexity index is 1050. The maximum Gasteiger partial charge on any atom is 1.00 e. The molecule has 2 amide bonds. The third kappa shape index (κ3) is 5.29. The zero-order valence-corrected chi connectivity index (χ0v) is 21.2. The number of β-lactam (4-membered cyclic amide) rings is 1.